The fourth-order valence-corrected chi connectivity index (χ4v) is 9.76. The molecule has 62 heavy (non-hydrogen) atoms. The Balaban J connectivity index is 1.02. The highest BCUT2D eigenvalue weighted by atomic mass is 16.3. The molecule has 1 aliphatic carbocycles. The lowest BCUT2D eigenvalue weighted by atomic mass is 9.89. The Hall–Kier alpha value is -8.15. The zero-order valence-corrected chi connectivity index (χ0v) is 33.4. The lowest BCUT2D eigenvalue weighted by Gasteiger charge is -2.20. The van der Waals surface area contributed by atoms with E-state index in [1.54, 1.807) is 0 Å². The van der Waals surface area contributed by atoms with Gasteiger partial charge in [-0.1, -0.05) is 164 Å². The van der Waals surface area contributed by atoms with Gasteiger partial charge in [-0.3, -0.25) is 0 Å². The van der Waals surface area contributed by atoms with Gasteiger partial charge in [-0.15, -0.1) is 0 Å². The molecule has 3 heterocycles. The van der Waals surface area contributed by atoms with Gasteiger partial charge < -0.3 is 8.83 Å². The van der Waals surface area contributed by atoms with Crippen molar-refractivity contribution in [1.82, 2.24) is 15.0 Å². The number of furan rings is 2. The van der Waals surface area contributed by atoms with Crippen LogP contribution in [0.3, 0.4) is 0 Å². The van der Waals surface area contributed by atoms with Gasteiger partial charge >= 0.3 is 0 Å². The number of rotatable bonds is 5. The maximum atomic E-state index is 6.81. The summed E-state index contributed by atoms with van der Waals surface area (Å²) in [6.45, 7) is 0. The largest absolute Gasteiger partial charge is 0.455 e. The highest BCUT2D eigenvalue weighted by Gasteiger charge is 2.25. The van der Waals surface area contributed by atoms with Crippen molar-refractivity contribution < 1.29 is 8.83 Å². The molecule has 0 N–H and O–H groups in total. The van der Waals surface area contributed by atoms with E-state index >= 15 is 0 Å². The molecule has 1 unspecified atom stereocenters. The smallest absolute Gasteiger partial charge is 0.167 e. The fraction of sp³-hybridized carbons (Fsp3) is 0.0351. The summed E-state index contributed by atoms with van der Waals surface area (Å²) in [7, 11) is 0. The molecule has 0 saturated carbocycles. The minimum absolute atomic E-state index is 0.0336. The monoisotopic (exact) mass is 793 g/mol. The Morgan fingerprint density at radius 2 is 0.952 bits per heavy atom. The lowest BCUT2D eigenvalue weighted by Crippen LogP contribution is -2.12. The standard InChI is InChI=1S/C57H35N3O2/c1-2-15-36-33-37(28-27-34(36)13-1)55-58-56(60-57(59-55)49-24-12-23-45-43-20-7-9-25-50(43)61-53(45)49)47-32-29-42(40-18-5-6-19-41(40)47)44-30-31-46(39-22-11-16-35-14-3-4-17-38(35)39)54-52(44)48-21-8-10-26-51(48)62-54/h1-32,37H,33H2. The molecule has 0 saturated heterocycles. The SMILES string of the molecule is C1=CC(c2nc(-c3ccc(-c4ccc(-c5cccc6ccccc56)c5oc6ccccc6c45)c4ccccc34)nc(-c3cccc4c3oc3ccccc34)n2)Cc2ccccc21. The molecule has 0 amide bonds. The third-order valence-corrected chi connectivity index (χ3v) is 12.7. The van der Waals surface area contributed by atoms with Crippen molar-refractivity contribution in [2.24, 2.45) is 0 Å². The van der Waals surface area contributed by atoms with Gasteiger partial charge in [0.2, 0.25) is 0 Å². The summed E-state index contributed by atoms with van der Waals surface area (Å²) in [6, 6.07) is 63.9. The van der Waals surface area contributed by atoms with Crippen molar-refractivity contribution in [3.05, 3.63) is 205 Å². The molecule has 0 aliphatic heterocycles. The van der Waals surface area contributed by atoms with E-state index in [1.807, 2.05) is 24.3 Å². The van der Waals surface area contributed by atoms with Crippen molar-refractivity contribution in [3.63, 3.8) is 0 Å². The van der Waals surface area contributed by atoms with E-state index in [0.717, 1.165) is 100 Å². The first-order chi connectivity index (χ1) is 30.7. The molecule has 0 spiro atoms. The molecule has 12 aromatic rings. The zero-order valence-electron chi connectivity index (χ0n) is 33.4. The first kappa shape index (κ1) is 34.7. The predicted octanol–water partition coefficient (Wildman–Crippen LogP) is 15.0. The molecule has 0 fully saturated rings. The van der Waals surface area contributed by atoms with Gasteiger partial charge in [-0.2, -0.15) is 0 Å². The number of hydrogen-bond donors (Lipinski definition) is 0. The van der Waals surface area contributed by atoms with Crippen LogP contribution in [-0.2, 0) is 6.42 Å². The summed E-state index contributed by atoms with van der Waals surface area (Å²) in [4.78, 5) is 15.9. The van der Waals surface area contributed by atoms with Crippen LogP contribution in [0.4, 0.5) is 0 Å². The second-order valence-corrected chi connectivity index (χ2v) is 16.2. The second kappa shape index (κ2) is 13.7. The Bertz CT molecular complexity index is 3810. The van der Waals surface area contributed by atoms with Gasteiger partial charge in [0.05, 0.1) is 5.56 Å². The van der Waals surface area contributed by atoms with Crippen molar-refractivity contribution in [3.8, 4) is 45.0 Å². The molecular formula is C57H35N3O2. The highest BCUT2D eigenvalue weighted by Crippen LogP contribution is 2.46. The van der Waals surface area contributed by atoms with Gasteiger partial charge in [0.15, 0.2) is 11.6 Å². The fourth-order valence-electron chi connectivity index (χ4n) is 9.76. The van der Waals surface area contributed by atoms with E-state index in [2.05, 4.69) is 170 Å². The first-order valence-electron chi connectivity index (χ1n) is 21.1. The van der Waals surface area contributed by atoms with Crippen LogP contribution in [0.2, 0.25) is 0 Å². The topological polar surface area (TPSA) is 65.0 Å². The van der Waals surface area contributed by atoms with Crippen LogP contribution in [0.1, 0.15) is 22.9 Å². The maximum absolute atomic E-state index is 6.81. The van der Waals surface area contributed by atoms with E-state index < -0.39 is 0 Å². The van der Waals surface area contributed by atoms with Crippen LogP contribution in [0, 0.1) is 0 Å². The van der Waals surface area contributed by atoms with Gasteiger partial charge in [0.1, 0.15) is 28.2 Å². The molecule has 1 aliphatic rings. The predicted molar refractivity (Wildman–Crippen MR) is 253 cm³/mol. The molecule has 0 radical (unpaired) electrons. The highest BCUT2D eigenvalue weighted by molar-refractivity contribution is 6.20. The van der Waals surface area contributed by atoms with E-state index in [0.29, 0.717) is 11.6 Å². The summed E-state index contributed by atoms with van der Waals surface area (Å²) >= 11 is 0. The molecule has 1 atom stereocenters. The van der Waals surface area contributed by atoms with Gasteiger partial charge in [-0.05, 0) is 86.1 Å². The van der Waals surface area contributed by atoms with Crippen molar-refractivity contribution >= 4 is 71.5 Å². The summed E-state index contributed by atoms with van der Waals surface area (Å²) in [5.41, 5.74) is 12.1. The number of fused-ring (bicyclic) bond motifs is 9. The average Bonchev–Trinajstić information content (AvgIpc) is 3.92. The number of benzene rings is 9. The molecular weight excluding hydrogens is 759 g/mol. The molecule has 13 rings (SSSR count). The summed E-state index contributed by atoms with van der Waals surface area (Å²) < 4.78 is 13.4. The number of nitrogens with zero attached hydrogens (tertiary/aromatic N) is 3. The number of hydrogen-bond acceptors (Lipinski definition) is 5. The zero-order chi connectivity index (χ0) is 40.7. The van der Waals surface area contributed by atoms with E-state index in [9.17, 15) is 0 Å². The summed E-state index contributed by atoms with van der Waals surface area (Å²) in [6.07, 6.45) is 5.23. The summed E-state index contributed by atoms with van der Waals surface area (Å²) in [5, 5.41) is 8.83. The quantitative estimate of drug-likeness (QED) is 0.174. The number of aromatic nitrogens is 3. The summed E-state index contributed by atoms with van der Waals surface area (Å²) in [5.74, 6) is 1.91. The van der Waals surface area contributed by atoms with Gasteiger partial charge in [0, 0.05) is 38.6 Å². The Morgan fingerprint density at radius 3 is 1.82 bits per heavy atom. The molecule has 5 nitrogen and oxygen atoms in total. The minimum atomic E-state index is -0.0336. The van der Waals surface area contributed by atoms with Crippen LogP contribution in [0.5, 0.6) is 0 Å². The second-order valence-electron chi connectivity index (χ2n) is 16.2. The number of para-hydroxylation sites is 3. The van der Waals surface area contributed by atoms with Crippen molar-refractivity contribution in [1.29, 1.82) is 0 Å². The third kappa shape index (κ3) is 5.38. The van der Waals surface area contributed by atoms with E-state index in [-0.39, 0.29) is 5.92 Å². The van der Waals surface area contributed by atoms with Crippen LogP contribution in [-0.4, -0.2) is 15.0 Å². The lowest BCUT2D eigenvalue weighted by molar-refractivity contribution is 0.669. The Kier molecular flexibility index (Phi) is 7.66. The minimum Gasteiger partial charge on any atom is -0.455 e. The van der Waals surface area contributed by atoms with Gasteiger partial charge in [0.25, 0.3) is 0 Å². The van der Waals surface area contributed by atoms with E-state index in [1.165, 1.54) is 21.9 Å². The van der Waals surface area contributed by atoms with Gasteiger partial charge in [-0.25, -0.2) is 15.0 Å². The number of allylic oxidation sites excluding steroid dienone is 1. The van der Waals surface area contributed by atoms with Crippen LogP contribution >= 0.6 is 0 Å². The normalized spacial score (nSPS) is 13.8. The van der Waals surface area contributed by atoms with Crippen LogP contribution < -0.4 is 0 Å². The first-order valence-corrected chi connectivity index (χ1v) is 21.1. The van der Waals surface area contributed by atoms with Crippen LogP contribution in [0.15, 0.2) is 197 Å². The van der Waals surface area contributed by atoms with Crippen molar-refractivity contribution in [2.75, 3.05) is 0 Å². The Labute approximate surface area is 356 Å². The third-order valence-electron chi connectivity index (χ3n) is 12.7. The average molecular weight is 794 g/mol. The molecule has 5 heteroatoms. The molecule has 3 aromatic heterocycles. The van der Waals surface area contributed by atoms with E-state index in [4.69, 9.17) is 23.8 Å². The van der Waals surface area contributed by atoms with Crippen LogP contribution in [0.25, 0.3) is 117 Å². The Morgan fingerprint density at radius 1 is 0.387 bits per heavy atom. The molecule has 290 valence electrons. The molecule has 0 bridgehead atoms. The molecule has 9 aromatic carbocycles. The maximum Gasteiger partial charge on any atom is 0.167 e. The van der Waals surface area contributed by atoms with Crippen molar-refractivity contribution in [2.45, 2.75) is 12.3 Å².